The van der Waals surface area contributed by atoms with Crippen molar-refractivity contribution in [1.82, 2.24) is 24.7 Å². The molecule has 2 aliphatic rings. The number of ether oxygens (including phenoxy) is 1. The van der Waals surface area contributed by atoms with E-state index in [0.717, 1.165) is 57.3 Å². The number of aromatic nitrogens is 2. The number of aryl methyl sites for hydroxylation is 1. The van der Waals surface area contributed by atoms with E-state index in [-0.39, 0.29) is 0 Å². The number of benzene rings is 1. The first-order valence-corrected chi connectivity index (χ1v) is 11.3. The third kappa shape index (κ3) is 5.17. The Bertz CT molecular complexity index is 809. The zero-order chi connectivity index (χ0) is 20.9. The number of likely N-dealkylation sites (tertiary alicyclic amines) is 1. The van der Waals surface area contributed by atoms with E-state index in [9.17, 15) is 0 Å². The van der Waals surface area contributed by atoms with Crippen molar-refractivity contribution in [2.45, 2.75) is 51.4 Å². The lowest BCUT2D eigenvalue weighted by Gasteiger charge is -2.35. The molecule has 0 saturated carbocycles. The van der Waals surface area contributed by atoms with Crippen LogP contribution in [0.3, 0.4) is 0 Å². The minimum atomic E-state index is 0.391. The summed E-state index contributed by atoms with van der Waals surface area (Å²) >= 11 is 0. The van der Waals surface area contributed by atoms with E-state index < -0.39 is 0 Å². The Hall–Kier alpha value is -2.02. The maximum absolute atomic E-state index is 6.20. The van der Waals surface area contributed by atoms with Gasteiger partial charge in [0.15, 0.2) is 0 Å². The fourth-order valence-electron chi connectivity index (χ4n) is 4.68. The van der Waals surface area contributed by atoms with Crippen LogP contribution in [-0.2, 0) is 19.5 Å². The minimum absolute atomic E-state index is 0.391. The van der Waals surface area contributed by atoms with Crippen molar-refractivity contribution < 1.29 is 4.74 Å². The number of fused-ring (bicyclic) bond motifs is 1. The summed E-state index contributed by atoms with van der Waals surface area (Å²) in [4.78, 5) is 16.5. The lowest BCUT2D eigenvalue weighted by molar-refractivity contribution is 0.0874. The molecular formula is C24H35N5O. The van der Waals surface area contributed by atoms with Crippen LogP contribution in [0.5, 0.6) is 5.75 Å². The standard InChI is InChI=1S/C24H35N5O/c1-4-24-25-12-19(13-26-24)14-28-11-7-9-21(28)17-29-15-20-8-5-6-10-23(20)30-18-22(29)16-27(2)3/h5-6,8,10,12-13,21-22H,4,7,9,11,14-18H2,1-3H3/t21-,22-/m1/s1. The topological polar surface area (TPSA) is 44.7 Å². The van der Waals surface area contributed by atoms with Crippen molar-refractivity contribution in [3.63, 3.8) is 0 Å². The molecule has 0 radical (unpaired) electrons. The van der Waals surface area contributed by atoms with Gasteiger partial charge in [0.2, 0.25) is 0 Å². The molecule has 1 aromatic heterocycles. The summed E-state index contributed by atoms with van der Waals surface area (Å²) in [5, 5.41) is 0. The van der Waals surface area contributed by atoms with Crippen LogP contribution >= 0.6 is 0 Å². The first kappa shape index (κ1) is 21.2. The molecule has 6 heteroatoms. The van der Waals surface area contributed by atoms with Gasteiger partial charge in [0.25, 0.3) is 0 Å². The van der Waals surface area contributed by atoms with Crippen molar-refractivity contribution in [3.8, 4) is 5.75 Å². The molecule has 3 heterocycles. The van der Waals surface area contributed by atoms with Crippen molar-refractivity contribution in [1.29, 1.82) is 0 Å². The van der Waals surface area contributed by atoms with Crippen LogP contribution in [0.15, 0.2) is 36.7 Å². The number of para-hydroxylation sites is 1. The fourth-order valence-corrected chi connectivity index (χ4v) is 4.68. The number of likely N-dealkylation sites (N-methyl/N-ethyl adjacent to an activating group) is 1. The molecule has 0 unspecified atom stereocenters. The van der Waals surface area contributed by atoms with Gasteiger partial charge in [-0.05, 0) is 39.5 Å². The lowest BCUT2D eigenvalue weighted by Crippen LogP contribution is -2.49. The predicted molar refractivity (Wildman–Crippen MR) is 120 cm³/mol. The molecule has 6 nitrogen and oxygen atoms in total. The molecule has 1 fully saturated rings. The number of hydrogen-bond acceptors (Lipinski definition) is 6. The summed E-state index contributed by atoms with van der Waals surface area (Å²) in [6.45, 7) is 7.96. The van der Waals surface area contributed by atoms with Crippen LogP contribution in [-0.4, -0.2) is 77.1 Å². The van der Waals surface area contributed by atoms with E-state index in [1.54, 1.807) is 0 Å². The Morgan fingerprint density at radius 1 is 1.10 bits per heavy atom. The molecule has 2 aliphatic heterocycles. The average Bonchev–Trinajstić information content (AvgIpc) is 3.10. The van der Waals surface area contributed by atoms with Gasteiger partial charge in [-0.2, -0.15) is 0 Å². The van der Waals surface area contributed by atoms with E-state index in [0.29, 0.717) is 12.1 Å². The van der Waals surface area contributed by atoms with Crippen LogP contribution in [0.2, 0.25) is 0 Å². The van der Waals surface area contributed by atoms with Gasteiger partial charge in [-0.25, -0.2) is 9.97 Å². The SMILES string of the molecule is CCc1ncc(CN2CCC[C@@H]2CN2Cc3ccccc3OC[C@H]2CN(C)C)cn1. The normalized spacial score (nSPS) is 22.7. The summed E-state index contributed by atoms with van der Waals surface area (Å²) in [5.74, 6) is 1.96. The number of rotatable bonds is 7. The highest BCUT2D eigenvalue weighted by molar-refractivity contribution is 5.34. The average molecular weight is 410 g/mol. The van der Waals surface area contributed by atoms with E-state index in [2.05, 4.69) is 70.0 Å². The highest BCUT2D eigenvalue weighted by Gasteiger charge is 2.31. The van der Waals surface area contributed by atoms with Gasteiger partial charge < -0.3 is 9.64 Å². The van der Waals surface area contributed by atoms with Gasteiger partial charge in [-0.3, -0.25) is 9.80 Å². The van der Waals surface area contributed by atoms with Crippen LogP contribution in [0, 0.1) is 0 Å². The molecule has 1 aromatic carbocycles. The monoisotopic (exact) mass is 409 g/mol. The first-order chi connectivity index (χ1) is 14.6. The third-order valence-electron chi connectivity index (χ3n) is 6.27. The summed E-state index contributed by atoms with van der Waals surface area (Å²) < 4.78 is 6.20. The van der Waals surface area contributed by atoms with Gasteiger partial charge in [0.1, 0.15) is 18.2 Å². The van der Waals surface area contributed by atoms with Crippen molar-refractivity contribution in [3.05, 3.63) is 53.6 Å². The molecule has 162 valence electrons. The molecule has 2 atom stereocenters. The number of hydrogen-bond donors (Lipinski definition) is 0. The second kappa shape index (κ2) is 9.86. The number of nitrogens with zero attached hydrogens (tertiary/aromatic N) is 5. The Balaban J connectivity index is 1.47. The summed E-state index contributed by atoms with van der Waals surface area (Å²) in [6, 6.07) is 9.45. The molecule has 2 aromatic rings. The molecule has 0 amide bonds. The molecular weight excluding hydrogens is 374 g/mol. The largest absolute Gasteiger partial charge is 0.492 e. The summed E-state index contributed by atoms with van der Waals surface area (Å²) in [7, 11) is 4.30. The quantitative estimate of drug-likeness (QED) is 0.701. The van der Waals surface area contributed by atoms with Crippen LogP contribution in [0.25, 0.3) is 0 Å². The fraction of sp³-hybridized carbons (Fsp3) is 0.583. The first-order valence-electron chi connectivity index (χ1n) is 11.3. The Morgan fingerprint density at radius 3 is 2.67 bits per heavy atom. The Labute approximate surface area is 180 Å². The van der Waals surface area contributed by atoms with Gasteiger partial charge >= 0.3 is 0 Å². The predicted octanol–water partition coefficient (Wildman–Crippen LogP) is 2.83. The molecule has 1 saturated heterocycles. The van der Waals surface area contributed by atoms with Gasteiger partial charge in [-0.1, -0.05) is 25.1 Å². The second-order valence-electron chi connectivity index (χ2n) is 8.89. The molecule has 0 N–H and O–H groups in total. The molecule has 0 spiro atoms. The van der Waals surface area contributed by atoms with E-state index in [1.165, 1.54) is 24.0 Å². The van der Waals surface area contributed by atoms with Crippen molar-refractivity contribution in [2.75, 3.05) is 40.3 Å². The lowest BCUT2D eigenvalue weighted by atomic mass is 10.1. The van der Waals surface area contributed by atoms with Crippen LogP contribution in [0.1, 0.15) is 36.7 Å². The zero-order valence-corrected chi connectivity index (χ0v) is 18.6. The maximum Gasteiger partial charge on any atom is 0.127 e. The molecule has 4 rings (SSSR count). The van der Waals surface area contributed by atoms with Crippen LogP contribution in [0.4, 0.5) is 0 Å². The van der Waals surface area contributed by atoms with Gasteiger partial charge in [0.05, 0.1) is 6.04 Å². The third-order valence-corrected chi connectivity index (χ3v) is 6.27. The van der Waals surface area contributed by atoms with E-state index in [1.807, 2.05) is 12.4 Å². The minimum Gasteiger partial charge on any atom is -0.492 e. The van der Waals surface area contributed by atoms with Gasteiger partial charge in [-0.15, -0.1) is 0 Å². The molecule has 30 heavy (non-hydrogen) atoms. The van der Waals surface area contributed by atoms with Crippen molar-refractivity contribution >= 4 is 0 Å². The zero-order valence-electron chi connectivity index (χ0n) is 18.6. The smallest absolute Gasteiger partial charge is 0.127 e. The Kier molecular flexibility index (Phi) is 6.97. The van der Waals surface area contributed by atoms with Crippen molar-refractivity contribution in [2.24, 2.45) is 0 Å². The van der Waals surface area contributed by atoms with E-state index in [4.69, 9.17) is 4.74 Å². The Morgan fingerprint density at radius 2 is 1.90 bits per heavy atom. The van der Waals surface area contributed by atoms with E-state index >= 15 is 0 Å². The van der Waals surface area contributed by atoms with Gasteiger partial charge in [0, 0.05) is 62.2 Å². The van der Waals surface area contributed by atoms with Crippen LogP contribution < -0.4 is 4.74 Å². The molecule has 0 bridgehead atoms. The summed E-state index contributed by atoms with van der Waals surface area (Å²) in [5.41, 5.74) is 2.51. The highest BCUT2D eigenvalue weighted by Crippen LogP contribution is 2.28. The maximum atomic E-state index is 6.20. The summed E-state index contributed by atoms with van der Waals surface area (Å²) in [6.07, 6.45) is 7.41. The highest BCUT2D eigenvalue weighted by atomic mass is 16.5. The molecule has 0 aliphatic carbocycles. The second-order valence-corrected chi connectivity index (χ2v) is 8.89.